The van der Waals surface area contributed by atoms with Crippen LogP contribution in [0.15, 0.2) is 27.6 Å². The van der Waals surface area contributed by atoms with E-state index >= 15 is 0 Å². The lowest BCUT2D eigenvalue weighted by Crippen LogP contribution is -2.26. The zero-order valence-corrected chi connectivity index (χ0v) is 14.7. The molecule has 0 amide bonds. The zero-order valence-electron chi connectivity index (χ0n) is 12.3. The van der Waals surface area contributed by atoms with E-state index < -0.39 is 16.0 Å². The Hall–Kier alpha value is -0.960. The van der Waals surface area contributed by atoms with Crippen molar-refractivity contribution in [1.82, 2.24) is 4.47 Å². The molecule has 1 aromatic carbocycles. The van der Waals surface area contributed by atoms with Crippen molar-refractivity contribution in [3.05, 3.63) is 28.2 Å². The maximum atomic E-state index is 12.1. The molecular formula is C13H18BrNO5S. The van der Waals surface area contributed by atoms with Crippen LogP contribution in [0.2, 0.25) is 0 Å². The number of rotatable bonds is 6. The zero-order chi connectivity index (χ0) is 16.2. The minimum atomic E-state index is -3.81. The highest BCUT2D eigenvalue weighted by Crippen LogP contribution is 2.23. The van der Waals surface area contributed by atoms with E-state index in [2.05, 4.69) is 15.9 Å². The van der Waals surface area contributed by atoms with Gasteiger partial charge in [0.25, 0.3) is 10.0 Å². The van der Waals surface area contributed by atoms with E-state index in [-0.39, 0.29) is 23.0 Å². The molecule has 0 N–H and O–H groups in total. The van der Waals surface area contributed by atoms with Crippen LogP contribution in [0.25, 0.3) is 0 Å². The third-order valence-corrected chi connectivity index (χ3v) is 4.97. The second-order valence-corrected chi connectivity index (χ2v) is 7.52. The molecule has 118 valence electrons. The van der Waals surface area contributed by atoms with Gasteiger partial charge in [-0.05, 0) is 40.0 Å². The fraction of sp³-hybridized carbons (Fsp3) is 0.462. The Labute approximate surface area is 133 Å². The summed E-state index contributed by atoms with van der Waals surface area (Å²) in [6.45, 7) is 4.09. The normalized spacial score (nSPS) is 12.0. The van der Waals surface area contributed by atoms with Gasteiger partial charge in [0.15, 0.2) is 0 Å². The molecule has 0 spiro atoms. The number of hydrogen-bond donors (Lipinski definition) is 0. The lowest BCUT2D eigenvalue weighted by molar-refractivity contribution is -0.0258. The average molecular weight is 380 g/mol. The highest BCUT2D eigenvalue weighted by molar-refractivity contribution is 9.10. The van der Waals surface area contributed by atoms with E-state index in [0.717, 1.165) is 4.47 Å². The molecule has 0 aliphatic carbocycles. The summed E-state index contributed by atoms with van der Waals surface area (Å²) >= 11 is 3.22. The Bertz CT molecular complexity index is 615. The molecule has 1 rings (SSSR count). The Kier molecular flexibility index (Phi) is 6.33. The number of carbonyl (C=O) groups is 1. The molecule has 0 saturated carbocycles. The molecule has 1 aromatic rings. The van der Waals surface area contributed by atoms with Crippen LogP contribution in [-0.2, 0) is 19.6 Å². The number of ether oxygens (including phenoxy) is 1. The Balaban J connectivity index is 3.14. The molecule has 0 aliphatic rings. The Morgan fingerprint density at radius 2 is 2.00 bits per heavy atom. The van der Waals surface area contributed by atoms with Crippen molar-refractivity contribution in [2.24, 2.45) is 5.92 Å². The van der Waals surface area contributed by atoms with Crippen LogP contribution in [0, 0.1) is 5.92 Å². The number of carbonyl (C=O) groups excluding carboxylic acids is 1. The van der Waals surface area contributed by atoms with Crippen LogP contribution in [0.1, 0.15) is 24.2 Å². The van der Waals surface area contributed by atoms with Crippen molar-refractivity contribution in [1.29, 1.82) is 0 Å². The van der Waals surface area contributed by atoms with Gasteiger partial charge in [0, 0.05) is 11.5 Å². The van der Waals surface area contributed by atoms with Crippen LogP contribution in [0.3, 0.4) is 0 Å². The minimum absolute atomic E-state index is 0.0495. The molecule has 21 heavy (non-hydrogen) atoms. The fourth-order valence-electron chi connectivity index (χ4n) is 1.39. The van der Waals surface area contributed by atoms with Gasteiger partial charge in [-0.2, -0.15) is 0 Å². The number of esters is 1. The summed E-state index contributed by atoms with van der Waals surface area (Å²) in [5, 5.41) is 0. The smallest absolute Gasteiger partial charge is 0.339 e. The summed E-state index contributed by atoms with van der Waals surface area (Å²) in [4.78, 5) is 16.6. The number of hydrogen-bond acceptors (Lipinski definition) is 5. The van der Waals surface area contributed by atoms with Gasteiger partial charge in [0.1, 0.15) is 0 Å². The van der Waals surface area contributed by atoms with Crippen LogP contribution in [0.5, 0.6) is 0 Å². The molecule has 6 nitrogen and oxygen atoms in total. The molecule has 0 aromatic heterocycles. The first-order valence-corrected chi connectivity index (χ1v) is 8.43. The standard InChI is InChI=1S/C13H18BrNO5S/c1-9(2)8-20-13(16)11-7-10(5-6-12(11)14)21(17,18)15(3)19-4/h5-7,9H,8H2,1-4H3. The summed E-state index contributed by atoms with van der Waals surface area (Å²) in [7, 11) is -1.29. The van der Waals surface area contributed by atoms with Crippen molar-refractivity contribution in [3.8, 4) is 0 Å². The minimum Gasteiger partial charge on any atom is -0.462 e. The summed E-state index contributed by atoms with van der Waals surface area (Å²) < 4.78 is 30.6. The van der Waals surface area contributed by atoms with Gasteiger partial charge < -0.3 is 4.74 Å². The number of nitrogens with zero attached hydrogens (tertiary/aromatic N) is 1. The van der Waals surface area contributed by atoms with Crippen LogP contribution < -0.4 is 0 Å². The van der Waals surface area contributed by atoms with E-state index in [1.165, 1.54) is 32.4 Å². The molecule has 0 atom stereocenters. The van der Waals surface area contributed by atoms with E-state index in [0.29, 0.717) is 4.47 Å². The summed E-state index contributed by atoms with van der Waals surface area (Å²) in [6.07, 6.45) is 0. The second kappa shape index (κ2) is 7.35. The van der Waals surface area contributed by atoms with Crippen LogP contribution in [0.4, 0.5) is 0 Å². The molecule has 0 saturated heterocycles. The predicted molar refractivity (Wildman–Crippen MR) is 81.2 cm³/mol. The fourth-order valence-corrected chi connectivity index (χ4v) is 2.80. The molecule has 0 unspecified atom stereocenters. The maximum Gasteiger partial charge on any atom is 0.339 e. The largest absolute Gasteiger partial charge is 0.462 e. The number of benzene rings is 1. The van der Waals surface area contributed by atoms with Gasteiger partial charge in [0.05, 0.1) is 24.2 Å². The van der Waals surface area contributed by atoms with Gasteiger partial charge in [0.2, 0.25) is 0 Å². The first kappa shape index (κ1) is 18.1. The van der Waals surface area contributed by atoms with E-state index in [1.54, 1.807) is 0 Å². The molecular weight excluding hydrogens is 362 g/mol. The van der Waals surface area contributed by atoms with Crippen molar-refractivity contribution in [3.63, 3.8) is 0 Å². The van der Waals surface area contributed by atoms with E-state index in [9.17, 15) is 13.2 Å². The molecule has 0 heterocycles. The lowest BCUT2D eigenvalue weighted by atomic mass is 10.2. The molecule has 0 bridgehead atoms. The highest BCUT2D eigenvalue weighted by Gasteiger charge is 2.23. The molecule has 0 aliphatic heterocycles. The van der Waals surface area contributed by atoms with E-state index in [1.807, 2.05) is 13.8 Å². The SMILES string of the molecule is CON(C)S(=O)(=O)c1ccc(Br)c(C(=O)OCC(C)C)c1. The van der Waals surface area contributed by atoms with Crippen molar-refractivity contribution in [2.45, 2.75) is 18.7 Å². The number of hydroxylamine groups is 1. The number of halogens is 1. The number of sulfonamides is 1. The van der Waals surface area contributed by atoms with Crippen molar-refractivity contribution in [2.75, 3.05) is 20.8 Å². The topological polar surface area (TPSA) is 72.9 Å². The first-order valence-electron chi connectivity index (χ1n) is 6.19. The van der Waals surface area contributed by atoms with Gasteiger partial charge in [-0.25, -0.2) is 13.2 Å². The second-order valence-electron chi connectivity index (χ2n) is 4.73. The molecule has 8 heteroatoms. The third-order valence-electron chi connectivity index (χ3n) is 2.60. The average Bonchev–Trinajstić information content (AvgIpc) is 2.43. The van der Waals surface area contributed by atoms with Gasteiger partial charge in [-0.1, -0.05) is 18.3 Å². The lowest BCUT2D eigenvalue weighted by Gasteiger charge is -2.15. The maximum absolute atomic E-state index is 12.1. The highest BCUT2D eigenvalue weighted by atomic mass is 79.9. The van der Waals surface area contributed by atoms with E-state index in [4.69, 9.17) is 9.57 Å². The predicted octanol–water partition coefficient (Wildman–Crippen LogP) is 2.44. The van der Waals surface area contributed by atoms with Crippen molar-refractivity contribution < 1.29 is 22.8 Å². The van der Waals surface area contributed by atoms with Gasteiger partial charge in [-0.3, -0.25) is 4.84 Å². The van der Waals surface area contributed by atoms with Crippen LogP contribution in [-0.4, -0.2) is 39.6 Å². The first-order chi connectivity index (χ1) is 9.70. The van der Waals surface area contributed by atoms with Crippen LogP contribution >= 0.6 is 15.9 Å². The summed E-state index contributed by atoms with van der Waals surface area (Å²) in [6, 6.07) is 4.13. The van der Waals surface area contributed by atoms with Crippen molar-refractivity contribution >= 4 is 31.9 Å². The monoisotopic (exact) mass is 379 g/mol. The third kappa shape index (κ3) is 4.50. The summed E-state index contributed by atoms with van der Waals surface area (Å²) in [5.74, 6) is -0.382. The van der Waals surface area contributed by atoms with Gasteiger partial charge in [-0.15, -0.1) is 0 Å². The molecule has 0 radical (unpaired) electrons. The Morgan fingerprint density at radius 3 is 2.52 bits per heavy atom. The Morgan fingerprint density at radius 1 is 1.38 bits per heavy atom. The molecule has 0 fully saturated rings. The summed E-state index contributed by atoms with van der Waals surface area (Å²) in [5.41, 5.74) is 0.154. The van der Waals surface area contributed by atoms with Gasteiger partial charge >= 0.3 is 5.97 Å². The quantitative estimate of drug-likeness (QED) is 0.560.